The van der Waals surface area contributed by atoms with E-state index < -0.39 is 17.1 Å². The summed E-state index contributed by atoms with van der Waals surface area (Å²) in [6.07, 6.45) is 9.97. The molecule has 2 N–H and O–H groups in total. The highest BCUT2D eigenvalue weighted by Crippen LogP contribution is 2.75. The predicted molar refractivity (Wildman–Crippen MR) is 134 cm³/mol. The lowest BCUT2D eigenvalue weighted by molar-refractivity contribution is -0.172. The summed E-state index contributed by atoms with van der Waals surface area (Å²) in [5.41, 5.74) is -0.361. The lowest BCUT2D eigenvalue weighted by Gasteiger charge is -2.63. The van der Waals surface area contributed by atoms with Crippen molar-refractivity contribution in [3.8, 4) is 0 Å². The molecule has 4 nitrogen and oxygen atoms in total. The highest BCUT2D eigenvalue weighted by Gasteiger charge is 2.78. The fraction of sp³-hybridized carbons (Fsp3) is 0.900. The molecule has 192 valence electrons. The summed E-state index contributed by atoms with van der Waals surface area (Å²) in [4.78, 5) is 13.9. The molecule has 1 saturated heterocycles. The van der Waals surface area contributed by atoms with Crippen molar-refractivity contribution in [3.05, 3.63) is 11.6 Å². The van der Waals surface area contributed by atoms with Gasteiger partial charge in [0.15, 0.2) is 0 Å². The Kier molecular flexibility index (Phi) is 5.52. The van der Waals surface area contributed by atoms with Crippen LogP contribution in [0.1, 0.15) is 106 Å². The van der Waals surface area contributed by atoms with Crippen LogP contribution in [0.2, 0.25) is 0 Å². The topological polar surface area (TPSA) is 66.8 Å². The summed E-state index contributed by atoms with van der Waals surface area (Å²) in [5, 5.41) is 22.7. The minimum Gasteiger partial charge on any atom is -0.459 e. The molecule has 1 aliphatic heterocycles. The molecule has 0 aromatic carbocycles. The van der Waals surface area contributed by atoms with Gasteiger partial charge >= 0.3 is 5.97 Å². The summed E-state index contributed by atoms with van der Waals surface area (Å²) in [6, 6.07) is 0. The molecular formula is C30H48O4. The Balaban J connectivity index is 1.55. The van der Waals surface area contributed by atoms with Crippen molar-refractivity contribution in [2.75, 3.05) is 0 Å². The molecule has 0 aromatic rings. The first-order valence-corrected chi connectivity index (χ1v) is 14.1. The third-order valence-electron chi connectivity index (χ3n) is 12.1. The Bertz CT molecular complexity index is 890. The van der Waals surface area contributed by atoms with E-state index in [1.165, 1.54) is 5.57 Å². The van der Waals surface area contributed by atoms with Gasteiger partial charge in [-0.3, -0.25) is 4.79 Å². The van der Waals surface area contributed by atoms with Crippen molar-refractivity contribution in [2.24, 2.45) is 45.3 Å². The monoisotopic (exact) mass is 472 g/mol. The van der Waals surface area contributed by atoms with E-state index in [1.807, 2.05) is 0 Å². The molecule has 34 heavy (non-hydrogen) atoms. The minimum absolute atomic E-state index is 0.0294. The van der Waals surface area contributed by atoms with Gasteiger partial charge in [-0.1, -0.05) is 59.6 Å². The van der Waals surface area contributed by atoms with Crippen LogP contribution in [0.15, 0.2) is 11.6 Å². The van der Waals surface area contributed by atoms with Gasteiger partial charge < -0.3 is 14.9 Å². The second kappa shape index (κ2) is 7.57. The summed E-state index contributed by atoms with van der Waals surface area (Å²) < 4.78 is 6.29. The predicted octanol–water partition coefficient (Wildman–Crippen LogP) is 6.05. The number of hydrogen-bond acceptors (Lipinski definition) is 4. The van der Waals surface area contributed by atoms with Gasteiger partial charge in [-0.25, -0.2) is 0 Å². The maximum Gasteiger partial charge on any atom is 0.316 e. The number of carbonyl (C=O) groups is 1. The first kappa shape index (κ1) is 24.8. The zero-order chi connectivity index (χ0) is 24.9. The lowest BCUT2D eigenvalue weighted by Crippen LogP contribution is -2.62. The van der Waals surface area contributed by atoms with Crippen LogP contribution >= 0.6 is 0 Å². The van der Waals surface area contributed by atoms with Gasteiger partial charge in [0.05, 0.1) is 12.2 Å². The number of rotatable bonds is 4. The van der Waals surface area contributed by atoms with Crippen LogP contribution in [-0.2, 0) is 9.53 Å². The fourth-order valence-corrected chi connectivity index (χ4v) is 10.2. The highest BCUT2D eigenvalue weighted by atomic mass is 16.6. The number of aliphatic hydroxyl groups excluding tert-OH is 2. The van der Waals surface area contributed by atoms with Gasteiger partial charge in [-0.15, -0.1) is 0 Å². The average Bonchev–Trinajstić information content (AvgIpc) is 3.19. The molecule has 0 radical (unpaired) electrons. The summed E-state index contributed by atoms with van der Waals surface area (Å²) in [5.74, 6) is 1.28. The van der Waals surface area contributed by atoms with Gasteiger partial charge in [-0.05, 0) is 92.3 Å². The van der Waals surface area contributed by atoms with Crippen LogP contribution in [0, 0.1) is 45.3 Å². The summed E-state index contributed by atoms with van der Waals surface area (Å²) in [7, 11) is 0. The quantitative estimate of drug-likeness (QED) is 0.386. The third kappa shape index (κ3) is 2.88. The number of aliphatic hydroxyl groups is 2. The number of fused-ring (bicyclic) bond motifs is 4. The number of ether oxygens (including phenoxy) is 1. The molecular weight excluding hydrogens is 424 g/mol. The van der Waals surface area contributed by atoms with E-state index in [-0.39, 0.29) is 34.2 Å². The number of esters is 1. The molecule has 0 bridgehead atoms. The van der Waals surface area contributed by atoms with Crippen molar-refractivity contribution in [2.45, 2.75) is 124 Å². The maximum absolute atomic E-state index is 13.9. The molecule has 5 rings (SSSR count). The number of allylic oxidation sites excluding steroid dienone is 1. The second-order valence-electron chi connectivity index (χ2n) is 14.4. The van der Waals surface area contributed by atoms with Crippen LogP contribution in [0.25, 0.3) is 0 Å². The smallest absolute Gasteiger partial charge is 0.316 e. The molecule has 4 fully saturated rings. The van der Waals surface area contributed by atoms with E-state index in [4.69, 9.17) is 4.74 Å². The van der Waals surface area contributed by atoms with Gasteiger partial charge in [0.1, 0.15) is 11.0 Å². The van der Waals surface area contributed by atoms with Crippen molar-refractivity contribution in [1.29, 1.82) is 0 Å². The Morgan fingerprint density at radius 1 is 1.00 bits per heavy atom. The number of carbonyl (C=O) groups excluding carboxylic acids is 1. The summed E-state index contributed by atoms with van der Waals surface area (Å²) >= 11 is 0. The van der Waals surface area contributed by atoms with E-state index in [0.717, 1.165) is 57.8 Å². The van der Waals surface area contributed by atoms with E-state index in [9.17, 15) is 15.0 Å². The Morgan fingerprint density at radius 2 is 1.71 bits per heavy atom. The normalized spacial score (nSPS) is 51.3. The van der Waals surface area contributed by atoms with Gasteiger partial charge in [0, 0.05) is 5.92 Å². The third-order valence-corrected chi connectivity index (χ3v) is 12.1. The molecule has 3 saturated carbocycles. The molecule has 1 spiro atoms. The van der Waals surface area contributed by atoms with E-state index >= 15 is 0 Å². The Labute approximate surface area is 206 Å². The van der Waals surface area contributed by atoms with Crippen molar-refractivity contribution in [3.63, 3.8) is 0 Å². The average molecular weight is 473 g/mol. The van der Waals surface area contributed by atoms with E-state index in [2.05, 4.69) is 54.5 Å². The molecule has 0 amide bonds. The zero-order valence-electron chi connectivity index (χ0n) is 22.6. The SMILES string of the molecule is CC(C)CCCC1(C)OC(=O)C23C(O)C=C4C(CCC5C4(C)CCC(O)C5(C)C)C2(C)CCC13. The first-order chi connectivity index (χ1) is 15.7. The molecule has 9 atom stereocenters. The van der Waals surface area contributed by atoms with Crippen LogP contribution in [0.4, 0.5) is 0 Å². The Morgan fingerprint density at radius 3 is 2.38 bits per heavy atom. The second-order valence-corrected chi connectivity index (χ2v) is 14.4. The van der Waals surface area contributed by atoms with Crippen LogP contribution in [0.3, 0.4) is 0 Å². The molecule has 4 aliphatic carbocycles. The molecule has 4 heteroatoms. The number of cyclic esters (lactones) is 1. The minimum atomic E-state index is -0.819. The van der Waals surface area contributed by atoms with Crippen LogP contribution < -0.4 is 0 Å². The van der Waals surface area contributed by atoms with Gasteiger partial charge in [0.2, 0.25) is 0 Å². The molecule has 5 aliphatic rings. The van der Waals surface area contributed by atoms with Gasteiger partial charge in [-0.2, -0.15) is 0 Å². The van der Waals surface area contributed by atoms with Crippen molar-refractivity contribution < 1.29 is 19.7 Å². The Hall–Kier alpha value is -0.870. The van der Waals surface area contributed by atoms with Gasteiger partial charge in [0.25, 0.3) is 0 Å². The van der Waals surface area contributed by atoms with E-state index in [0.29, 0.717) is 17.8 Å². The molecule has 1 heterocycles. The van der Waals surface area contributed by atoms with E-state index in [1.54, 1.807) is 0 Å². The number of hydrogen-bond donors (Lipinski definition) is 2. The lowest BCUT2D eigenvalue weighted by atomic mass is 9.40. The van der Waals surface area contributed by atoms with Crippen LogP contribution in [0.5, 0.6) is 0 Å². The highest BCUT2D eigenvalue weighted by molar-refractivity contribution is 5.84. The van der Waals surface area contributed by atoms with Crippen molar-refractivity contribution >= 4 is 5.97 Å². The largest absolute Gasteiger partial charge is 0.459 e. The zero-order valence-corrected chi connectivity index (χ0v) is 22.6. The fourth-order valence-electron chi connectivity index (χ4n) is 10.2. The van der Waals surface area contributed by atoms with Crippen LogP contribution in [-0.4, -0.2) is 34.0 Å². The van der Waals surface area contributed by atoms with Crippen molar-refractivity contribution in [1.82, 2.24) is 0 Å². The molecule has 0 aromatic heterocycles. The first-order valence-electron chi connectivity index (χ1n) is 14.1. The maximum atomic E-state index is 13.9. The summed E-state index contributed by atoms with van der Waals surface area (Å²) in [6.45, 7) is 15.8. The molecule has 9 unspecified atom stereocenters. The standard InChI is InChI=1S/C30H48O4/c1-18(2)9-8-14-29(7)22-12-16-28(6)19-10-11-21-26(3,4)23(31)13-15-27(21,5)20(19)17-24(32)30(22,28)25(33)34-29/h17-19,21-24,31-32H,8-16H2,1-7H3.